The van der Waals surface area contributed by atoms with Crippen molar-refractivity contribution >= 4 is 29.8 Å². The summed E-state index contributed by atoms with van der Waals surface area (Å²) in [7, 11) is 0. The third-order valence-electron chi connectivity index (χ3n) is 0.803. The van der Waals surface area contributed by atoms with Crippen LogP contribution in [0.1, 0.15) is 0 Å². The molecule has 5 heteroatoms. The van der Waals surface area contributed by atoms with Crippen LogP contribution in [0.2, 0.25) is 0 Å². The Morgan fingerprint density at radius 2 is 2.44 bits per heavy atom. The average Bonchev–Trinajstić information content (AvgIpc) is 2.37. The molecule has 0 aliphatic carbocycles. The van der Waals surface area contributed by atoms with Crippen molar-refractivity contribution in [3.63, 3.8) is 0 Å². The lowest BCUT2D eigenvalue weighted by Crippen LogP contribution is -2.00. The van der Waals surface area contributed by atoms with Crippen molar-refractivity contribution in [3.05, 3.63) is 18.7 Å². The summed E-state index contributed by atoms with van der Waals surface area (Å²) in [5.41, 5.74) is 0. The minimum absolute atomic E-state index is 0.350. The number of nitrogens with zero attached hydrogens (tertiary/aromatic N) is 3. The van der Waals surface area contributed by atoms with Gasteiger partial charge in [-0.15, -0.1) is 0 Å². The first-order valence-electron chi connectivity index (χ1n) is 2.20. The Morgan fingerprint density at radius 1 is 1.67 bits per heavy atom. The lowest BCUT2D eigenvalue weighted by molar-refractivity contribution is 1.14. The highest BCUT2D eigenvalue weighted by Gasteiger charge is 1.91. The van der Waals surface area contributed by atoms with Crippen LogP contribution in [0.4, 0.5) is 0 Å². The number of rotatable bonds is 0. The van der Waals surface area contributed by atoms with Crippen molar-refractivity contribution < 1.29 is 0 Å². The molecule has 0 spiro atoms. The maximum atomic E-state index is 4.73. The first-order valence-corrected chi connectivity index (χ1v) is 2.97. The normalized spacial score (nSPS) is 8.89. The predicted molar refractivity (Wildman–Crippen MR) is 40.0 cm³/mol. The van der Waals surface area contributed by atoms with Gasteiger partial charge in [0.25, 0.3) is 0 Å². The Kier molecular flexibility index (Phi) is 1.96. The maximum absolute atomic E-state index is 4.73. The van der Waals surface area contributed by atoms with E-state index >= 15 is 0 Å². The number of hydrogen-bond donors (Lipinski definition) is 0. The van der Waals surface area contributed by atoms with Gasteiger partial charge in [-0.25, -0.2) is 4.98 Å². The molecule has 0 saturated heterocycles. The molecule has 0 aromatic carbocycles. The van der Waals surface area contributed by atoms with Gasteiger partial charge in [-0.1, -0.05) is 0 Å². The molecular formula is C4H3N3S2. The minimum Gasteiger partial charge on any atom is -0.280 e. The van der Waals surface area contributed by atoms with E-state index in [2.05, 4.69) is 21.8 Å². The molecule has 0 aliphatic rings. The summed E-state index contributed by atoms with van der Waals surface area (Å²) in [6, 6.07) is 0. The molecule has 3 nitrogen and oxygen atoms in total. The van der Waals surface area contributed by atoms with Gasteiger partial charge in [0, 0.05) is 24.8 Å². The monoisotopic (exact) mass is 157 g/mol. The van der Waals surface area contributed by atoms with E-state index in [1.165, 1.54) is 0 Å². The molecule has 1 aromatic heterocycles. The second-order valence-corrected chi connectivity index (χ2v) is 1.89. The van der Waals surface area contributed by atoms with Crippen LogP contribution in [0, 0.1) is 0 Å². The molecule has 0 saturated carbocycles. The Labute approximate surface area is 62.9 Å². The zero-order chi connectivity index (χ0) is 6.69. The SMILES string of the molecule is S=NC(=S)n1ccnc1. The van der Waals surface area contributed by atoms with Crippen molar-refractivity contribution in [3.8, 4) is 0 Å². The molecule has 0 unspecified atom stereocenters. The molecular weight excluding hydrogens is 154 g/mol. The lowest BCUT2D eigenvalue weighted by Gasteiger charge is -1.90. The van der Waals surface area contributed by atoms with Gasteiger partial charge in [0.05, 0.1) is 0 Å². The van der Waals surface area contributed by atoms with E-state index in [4.69, 9.17) is 12.2 Å². The van der Waals surface area contributed by atoms with Gasteiger partial charge in [-0.3, -0.25) is 4.57 Å². The van der Waals surface area contributed by atoms with Gasteiger partial charge < -0.3 is 0 Å². The molecule has 1 rings (SSSR count). The largest absolute Gasteiger partial charge is 0.280 e. The van der Waals surface area contributed by atoms with Crippen molar-refractivity contribution in [2.45, 2.75) is 0 Å². The number of imidazole rings is 1. The number of aromatic nitrogens is 2. The van der Waals surface area contributed by atoms with Crippen LogP contribution in [0.15, 0.2) is 23.1 Å². The highest BCUT2D eigenvalue weighted by atomic mass is 32.1. The maximum Gasteiger partial charge on any atom is 0.217 e. The Balaban J connectivity index is 2.89. The van der Waals surface area contributed by atoms with Gasteiger partial charge >= 0.3 is 0 Å². The van der Waals surface area contributed by atoms with Crippen LogP contribution < -0.4 is 0 Å². The standard InChI is InChI=1S/C4H3N3S2/c8-4(6-9)7-2-1-5-3-7/h1-3H. The van der Waals surface area contributed by atoms with Crippen LogP contribution >= 0.6 is 12.2 Å². The highest BCUT2D eigenvalue weighted by molar-refractivity contribution is 7.80. The predicted octanol–water partition coefficient (Wildman–Crippen LogP) is 0.747. The summed E-state index contributed by atoms with van der Waals surface area (Å²) in [5.74, 6) is 0. The van der Waals surface area contributed by atoms with E-state index in [0.717, 1.165) is 0 Å². The fraction of sp³-hybridized carbons (Fsp3) is 0. The fourth-order valence-corrected chi connectivity index (χ4v) is 0.622. The lowest BCUT2D eigenvalue weighted by atomic mass is 10.9. The molecule has 0 amide bonds. The van der Waals surface area contributed by atoms with Crippen LogP contribution in [0.3, 0.4) is 0 Å². The first-order chi connectivity index (χ1) is 4.34. The quantitative estimate of drug-likeness (QED) is 0.520. The molecule has 0 radical (unpaired) electrons. The van der Waals surface area contributed by atoms with E-state index < -0.39 is 0 Å². The molecule has 0 fully saturated rings. The molecule has 0 bridgehead atoms. The molecule has 0 N–H and O–H groups in total. The van der Waals surface area contributed by atoms with Crippen molar-refractivity contribution in [1.29, 1.82) is 0 Å². The Bertz CT molecular complexity index is 216. The van der Waals surface area contributed by atoms with Gasteiger partial charge in [0.15, 0.2) is 0 Å². The summed E-state index contributed by atoms with van der Waals surface area (Å²) < 4.78 is 4.94. The minimum atomic E-state index is 0.350. The fourth-order valence-electron chi connectivity index (χ4n) is 0.419. The van der Waals surface area contributed by atoms with E-state index in [1.807, 2.05) is 0 Å². The van der Waals surface area contributed by atoms with E-state index in [1.54, 1.807) is 23.3 Å². The molecule has 1 aromatic rings. The molecule has 0 aliphatic heterocycles. The van der Waals surface area contributed by atoms with E-state index in [0.29, 0.717) is 5.11 Å². The molecule has 9 heavy (non-hydrogen) atoms. The first kappa shape index (κ1) is 6.44. The highest BCUT2D eigenvalue weighted by Crippen LogP contribution is 1.87. The second-order valence-electron chi connectivity index (χ2n) is 1.34. The molecule has 46 valence electrons. The second kappa shape index (κ2) is 2.75. The van der Waals surface area contributed by atoms with Crippen molar-refractivity contribution in [2.75, 3.05) is 0 Å². The van der Waals surface area contributed by atoms with Gasteiger partial charge in [0.2, 0.25) is 5.11 Å². The van der Waals surface area contributed by atoms with E-state index in [9.17, 15) is 0 Å². The number of hydrogen-bond acceptors (Lipinski definition) is 3. The van der Waals surface area contributed by atoms with Crippen molar-refractivity contribution in [1.82, 2.24) is 9.55 Å². The van der Waals surface area contributed by atoms with Crippen LogP contribution in [0.5, 0.6) is 0 Å². The average molecular weight is 157 g/mol. The summed E-state index contributed by atoms with van der Waals surface area (Å²) in [4.78, 5) is 3.76. The third kappa shape index (κ3) is 1.36. The third-order valence-corrected chi connectivity index (χ3v) is 1.39. The number of thiocarbonyl (C=S) groups is 1. The molecule has 1 heterocycles. The van der Waals surface area contributed by atoms with Crippen LogP contribution in [-0.2, 0) is 12.4 Å². The van der Waals surface area contributed by atoms with Crippen LogP contribution in [0.25, 0.3) is 0 Å². The Hall–Kier alpha value is -0.680. The molecule has 0 atom stereocenters. The summed E-state index contributed by atoms with van der Waals surface area (Å²) >= 11 is 9.09. The topological polar surface area (TPSA) is 30.2 Å². The summed E-state index contributed by atoms with van der Waals surface area (Å²) in [6.45, 7) is 0. The zero-order valence-electron chi connectivity index (χ0n) is 4.39. The van der Waals surface area contributed by atoms with Crippen molar-refractivity contribution in [2.24, 2.45) is 4.36 Å². The zero-order valence-corrected chi connectivity index (χ0v) is 6.02. The van der Waals surface area contributed by atoms with Gasteiger partial charge in [-0.2, -0.15) is 4.36 Å². The van der Waals surface area contributed by atoms with E-state index in [-0.39, 0.29) is 0 Å². The van der Waals surface area contributed by atoms with Gasteiger partial charge in [0.1, 0.15) is 6.33 Å². The summed E-state index contributed by atoms with van der Waals surface area (Å²) in [5, 5.41) is 0.350. The Morgan fingerprint density at radius 3 is 2.89 bits per heavy atom. The van der Waals surface area contributed by atoms with Gasteiger partial charge in [-0.05, 0) is 12.2 Å². The summed E-state index contributed by atoms with van der Waals surface area (Å²) in [6.07, 6.45) is 4.86. The van der Waals surface area contributed by atoms with Crippen LogP contribution in [-0.4, -0.2) is 14.7 Å². The smallest absolute Gasteiger partial charge is 0.217 e.